The molecular formula is C25H25N5O4S. The van der Waals surface area contributed by atoms with Crippen LogP contribution in [0.1, 0.15) is 28.4 Å². The van der Waals surface area contributed by atoms with E-state index < -0.39 is 22.3 Å². The monoisotopic (exact) mass is 491 g/mol. The number of rotatable bonds is 5. The highest BCUT2D eigenvalue weighted by molar-refractivity contribution is 8.00. The van der Waals surface area contributed by atoms with E-state index in [0.717, 1.165) is 32.0 Å². The van der Waals surface area contributed by atoms with Crippen LogP contribution < -0.4 is 22.5 Å². The third-order valence-electron chi connectivity index (χ3n) is 6.17. The Morgan fingerprint density at radius 2 is 1.66 bits per heavy atom. The number of ketones is 1. The van der Waals surface area contributed by atoms with Gasteiger partial charge < -0.3 is 5.73 Å². The molecule has 0 saturated carbocycles. The van der Waals surface area contributed by atoms with Gasteiger partial charge in [-0.05, 0) is 50.1 Å². The normalized spacial score (nSPS) is 12.1. The van der Waals surface area contributed by atoms with Crippen LogP contribution in [0.4, 0.5) is 5.82 Å². The minimum Gasteiger partial charge on any atom is -0.384 e. The largest absolute Gasteiger partial charge is 0.384 e. The molecule has 10 heteroatoms. The van der Waals surface area contributed by atoms with Crippen molar-refractivity contribution in [2.45, 2.75) is 31.2 Å². The summed E-state index contributed by atoms with van der Waals surface area (Å²) in [6.07, 6.45) is 0. The van der Waals surface area contributed by atoms with E-state index in [1.807, 2.05) is 32.0 Å². The van der Waals surface area contributed by atoms with Crippen molar-refractivity contribution in [1.82, 2.24) is 18.7 Å². The summed E-state index contributed by atoms with van der Waals surface area (Å²) in [6, 6.07) is 12.7. The van der Waals surface area contributed by atoms with Crippen molar-refractivity contribution in [1.29, 1.82) is 0 Å². The van der Waals surface area contributed by atoms with E-state index in [1.54, 1.807) is 31.2 Å². The van der Waals surface area contributed by atoms with Crippen LogP contribution in [0.15, 0.2) is 62.0 Å². The van der Waals surface area contributed by atoms with Gasteiger partial charge >= 0.3 is 5.69 Å². The van der Waals surface area contributed by atoms with Crippen LogP contribution in [0.3, 0.4) is 0 Å². The minimum atomic E-state index is -0.827. The zero-order chi connectivity index (χ0) is 25.6. The number of aromatic nitrogens is 4. The van der Waals surface area contributed by atoms with Crippen LogP contribution in [0.2, 0.25) is 0 Å². The molecule has 4 rings (SSSR count). The zero-order valence-corrected chi connectivity index (χ0v) is 20.8. The van der Waals surface area contributed by atoms with Gasteiger partial charge in [-0.3, -0.25) is 28.1 Å². The molecule has 2 heterocycles. The molecule has 35 heavy (non-hydrogen) atoms. The Labute approximate surface area is 204 Å². The first-order valence-electron chi connectivity index (χ1n) is 10.9. The van der Waals surface area contributed by atoms with Gasteiger partial charge in [-0.15, -0.1) is 0 Å². The molecule has 0 saturated heterocycles. The molecule has 9 nitrogen and oxygen atoms in total. The number of nitrogens with two attached hydrogens (primary N) is 1. The molecule has 4 aromatic rings. The van der Waals surface area contributed by atoms with Crippen molar-refractivity contribution in [2.24, 2.45) is 14.1 Å². The molecule has 0 spiro atoms. The first-order chi connectivity index (χ1) is 16.5. The van der Waals surface area contributed by atoms with E-state index in [9.17, 15) is 19.2 Å². The van der Waals surface area contributed by atoms with Crippen LogP contribution >= 0.6 is 11.8 Å². The predicted octanol–water partition coefficient (Wildman–Crippen LogP) is 2.35. The number of carbonyl (C=O) groups is 1. The molecule has 2 aromatic carbocycles. The Balaban J connectivity index is 1.90. The summed E-state index contributed by atoms with van der Waals surface area (Å²) >= 11 is 1.06. The summed E-state index contributed by atoms with van der Waals surface area (Å²) in [7, 11) is 2.69. The van der Waals surface area contributed by atoms with E-state index in [-0.39, 0.29) is 16.9 Å². The molecular weight excluding hydrogens is 466 g/mol. The fourth-order valence-electron chi connectivity index (χ4n) is 3.89. The number of benzene rings is 2. The van der Waals surface area contributed by atoms with E-state index in [0.29, 0.717) is 21.7 Å². The Morgan fingerprint density at radius 1 is 0.971 bits per heavy atom. The minimum absolute atomic E-state index is 0.200. The topological polar surface area (TPSA) is 122 Å². The highest BCUT2D eigenvalue weighted by Gasteiger charge is 2.27. The van der Waals surface area contributed by atoms with Crippen LogP contribution in [0, 0.1) is 13.8 Å². The summed E-state index contributed by atoms with van der Waals surface area (Å²) in [5, 5.41) is -0.0664. The molecule has 1 atom stereocenters. The van der Waals surface area contributed by atoms with Gasteiger partial charge in [0.15, 0.2) is 10.9 Å². The highest BCUT2D eigenvalue weighted by Crippen LogP contribution is 2.28. The first kappa shape index (κ1) is 24.2. The number of hydrogen-bond donors (Lipinski definition) is 1. The number of fused-ring (bicyclic) bond motifs is 1. The average Bonchev–Trinajstić information content (AvgIpc) is 2.84. The second-order valence-electron chi connectivity index (χ2n) is 8.36. The predicted molar refractivity (Wildman–Crippen MR) is 138 cm³/mol. The summed E-state index contributed by atoms with van der Waals surface area (Å²) < 4.78 is 3.41. The number of aryl methyl sites for hydroxylation is 1. The van der Waals surface area contributed by atoms with E-state index >= 15 is 0 Å². The molecule has 0 bridgehead atoms. The Bertz CT molecular complexity index is 1680. The number of Topliss-reactive ketones (excluding diaryl/α,β-unsaturated/α-hetero) is 1. The van der Waals surface area contributed by atoms with E-state index in [2.05, 4.69) is 0 Å². The van der Waals surface area contributed by atoms with Gasteiger partial charge in [0.25, 0.3) is 11.1 Å². The summed E-state index contributed by atoms with van der Waals surface area (Å²) in [6.45, 7) is 5.49. The van der Waals surface area contributed by atoms with Crippen LogP contribution in [0.25, 0.3) is 16.6 Å². The van der Waals surface area contributed by atoms with Gasteiger partial charge in [0.05, 0.1) is 21.8 Å². The van der Waals surface area contributed by atoms with Crippen LogP contribution in [-0.2, 0) is 14.1 Å². The highest BCUT2D eigenvalue weighted by atomic mass is 32.2. The maximum atomic E-state index is 13.6. The Kier molecular flexibility index (Phi) is 6.25. The smallest absolute Gasteiger partial charge is 0.332 e. The van der Waals surface area contributed by atoms with Gasteiger partial charge in [0.1, 0.15) is 11.4 Å². The van der Waals surface area contributed by atoms with Gasteiger partial charge in [-0.2, -0.15) is 0 Å². The van der Waals surface area contributed by atoms with Crippen molar-refractivity contribution in [3.05, 3.63) is 90.3 Å². The molecule has 180 valence electrons. The second kappa shape index (κ2) is 9.03. The zero-order valence-electron chi connectivity index (χ0n) is 20.0. The lowest BCUT2D eigenvalue weighted by Gasteiger charge is -2.19. The number of nitrogens with zero attached hydrogens (tertiary/aromatic N) is 4. The third kappa shape index (κ3) is 3.99. The SMILES string of the molecule is Cc1cccc(-n2c(SC(C)C(=O)c3c(N)n(C)c(=O)n(C)c3=O)nc3ccccc3c2=O)c1C. The maximum absolute atomic E-state index is 13.6. The standard InChI is InChI=1S/C25H25N5O4S/c1-13-9-8-12-18(14(13)2)30-22(32)16-10-6-7-11-17(16)27-24(30)35-15(3)20(31)19-21(26)28(4)25(34)29(5)23(19)33/h6-12,15H,26H2,1-5H3. The van der Waals surface area contributed by atoms with E-state index in [4.69, 9.17) is 10.7 Å². The summed E-state index contributed by atoms with van der Waals surface area (Å²) in [5.74, 6) is -0.757. The third-order valence-corrected chi connectivity index (χ3v) is 7.22. The van der Waals surface area contributed by atoms with Gasteiger partial charge in [0.2, 0.25) is 0 Å². The summed E-state index contributed by atoms with van der Waals surface area (Å²) in [5.41, 5.74) is 7.15. The van der Waals surface area contributed by atoms with Crippen LogP contribution in [0.5, 0.6) is 0 Å². The number of anilines is 1. The van der Waals surface area contributed by atoms with Gasteiger partial charge in [-0.25, -0.2) is 9.78 Å². The van der Waals surface area contributed by atoms with Gasteiger partial charge in [-0.1, -0.05) is 36.0 Å². The number of thioether (sulfide) groups is 1. The molecule has 0 amide bonds. The van der Waals surface area contributed by atoms with Crippen molar-refractivity contribution in [3.8, 4) is 5.69 Å². The quantitative estimate of drug-likeness (QED) is 0.258. The van der Waals surface area contributed by atoms with Crippen LogP contribution in [-0.4, -0.2) is 29.7 Å². The molecule has 2 aromatic heterocycles. The lowest BCUT2D eigenvalue weighted by Crippen LogP contribution is -2.42. The number of hydrogen-bond acceptors (Lipinski definition) is 7. The molecule has 0 radical (unpaired) electrons. The fourth-order valence-corrected chi connectivity index (χ4v) is 4.87. The molecule has 0 fully saturated rings. The van der Waals surface area contributed by atoms with E-state index in [1.165, 1.54) is 18.7 Å². The first-order valence-corrected chi connectivity index (χ1v) is 11.8. The number of para-hydroxylation sites is 1. The number of carbonyl (C=O) groups excluding carboxylic acids is 1. The Hall–Kier alpha value is -3.92. The van der Waals surface area contributed by atoms with Gasteiger partial charge in [0, 0.05) is 14.1 Å². The molecule has 0 aliphatic heterocycles. The van der Waals surface area contributed by atoms with Crippen molar-refractivity contribution in [2.75, 3.05) is 5.73 Å². The lowest BCUT2D eigenvalue weighted by molar-refractivity contribution is 0.0992. The second-order valence-corrected chi connectivity index (χ2v) is 9.67. The molecule has 0 aliphatic rings. The van der Waals surface area contributed by atoms with Crippen molar-refractivity contribution >= 4 is 34.3 Å². The fraction of sp³-hybridized carbons (Fsp3) is 0.240. The molecule has 1 unspecified atom stereocenters. The number of nitrogen functional groups attached to an aromatic ring is 1. The Morgan fingerprint density at radius 3 is 2.37 bits per heavy atom. The maximum Gasteiger partial charge on any atom is 0.332 e. The van der Waals surface area contributed by atoms with Crippen molar-refractivity contribution < 1.29 is 4.79 Å². The summed E-state index contributed by atoms with van der Waals surface area (Å²) in [4.78, 5) is 56.5. The van der Waals surface area contributed by atoms with Crippen molar-refractivity contribution in [3.63, 3.8) is 0 Å². The molecule has 0 aliphatic carbocycles. The average molecular weight is 492 g/mol. The molecule has 2 N–H and O–H groups in total. The lowest BCUT2D eigenvalue weighted by atomic mass is 10.1.